The smallest absolute Gasteiger partial charge is 0.242 e. The zero-order valence-electron chi connectivity index (χ0n) is 16.2. The molecule has 2 aromatic rings. The second kappa shape index (κ2) is 9.71. The number of nitrogens with zero attached hydrogens (tertiary/aromatic N) is 3. The van der Waals surface area contributed by atoms with E-state index in [4.69, 9.17) is 11.6 Å². The van der Waals surface area contributed by atoms with Crippen LogP contribution in [0.2, 0.25) is 5.02 Å². The van der Waals surface area contributed by atoms with Crippen molar-refractivity contribution in [1.29, 1.82) is 0 Å². The van der Waals surface area contributed by atoms with E-state index in [1.807, 2.05) is 34.1 Å². The summed E-state index contributed by atoms with van der Waals surface area (Å²) in [6.07, 6.45) is 0. The first-order valence-corrected chi connectivity index (χ1v) is 9.74. The van der Waals surface area contributed by atoms with Gasteiger partial charge in [-0.3, -0.25) is 9.79 Å². The number of hydrogen-bond acceptors (Lipinski definition) is 3. The number of nitrogens with one attached hydrogen (secondary N) is 1. The Kier molecular flexibility index (Phi) is 7.06. The van der Waals surface area contributed by atoms with Crippen LogP contribution in [0.3, 0.4) is 0 Å². The molecule has 29 heavy (non-hydrogen) atoms. The molecule has 0 bridgehead atoms. The highest BCUT2D eigenvalue weighted by Crippen LogP contribution is 2.14. The molecule has 0 spiro atoms. The van der Waals surface area contributed by atoms with Gasteiger partial charge in [-0.2, -0.15) is 0 Å². The number of amides is 1. The van der Waals surface area contributed by atoms with Crippen LogP contribution in [-0.4, -0.2) is 53.5 Å². The van der Waals surface area contributed by atoms with Gasteiger partial charge in [-0.1, -0.05) is 29.8 Å². The highest BCUT2D eigenvalue weighted by Gasteiger charge is 2.26. The van der Waals surface area contributed by atoms with Gasteiger partial charge in [0.25, 0.3) is 0 Å². The van der Waals surface area contributed by atoms with Crippen LogP contribution in [-0.2, 0) is 24.5 Å². The third-order valence-electron chi connectivity index (χ3n) is 4.85. The molecule has 1 fully saturated rings. The number of carbonyl (C=O) groups excluding carboxylic acids is 1. The molecule has 8 heteroatoms. The van der Waals surface area contributed by atoms with Crippen LogP contribution < -0.4 is 5.32 Å². The average molecular weight is 419 g/mol. The number of benzene rings is 2. The van der Waals surface area contributed by atoms with Crippen LogP contribution in [0.5, 0.6) is 0 Å². The second-order valence-corrected chi connectivity index (χ2v) is 7.28. The van der Waals surface area contributed by atoms with Gasteiger partial charge in [-0.15, -0.1) is 0 Å². The zero-order valence-corrected chi connectivity index (χ0v) is 17.0. The minimum absolute atomic E-state index is 0.0264. The molecule has 154 valence electrons. The molecule has 1 aliphatic heterocycles. The van der Waals surface area contributed by atoms with Crippen LogP contribution in [0.25, 0.3) is 0 Å². The first-order chi connectivity index (χ1) is 14.0. The SMILES string of the molecule is CN=C(NCc1ccc(F)c(CO)c1)N1CCN(Cc2ccc(Cl)cc2)C(=O)C1. The van der Waals surface area contributed by atoms with E-state index in [0.29, 0.717) is 37.2 Å². The number of hydrogen-bond donors (Lipinski definition) is 2. The van der Waals surface area contributed by atoms with Crippen molar-refractivity contribution >= 4 is 23.5 Å². The lowest BCUT2D eigenvalue weighted by Crippen LogP contribution is -2.54. The molecule has 1 heterocycles. The summed E-state index contributed by atoms with van der Waals surface area (Å²) < 4.78 is 13.5. The summed E-state index contributed by atoms with van der Waals surface area (Å²) in [5.41, 5.74) is 2.12. The predicted octanol–water partition coefficient (Wildman–Crippen LogP) is 2.39. The Bertz CT molecular complexity index is 889. The van der Waals surface area contributed by atoms with Crippen molar-refractivity contribution in [3.8, 4) is 0 Å². The molecule has 3 rings (SSSR count). The molecule has 2 N–H and O–H groups in total. The fourth-order valence-electron chi connectivity index (χ4n) is 3.24. The maximum absolute atomic E-state index is 13.5. The van der Waals surface area contributed by atoms with Crippen molar-refractivity contribution in [2.75, 3.05) is 26.7 Å². The summed E-state index contributed by atoms with van der Waals surface area (Å²) in [7, 11) is 1.66. The molecule has 0 radical (unpaired) electrons. The van der Waals surface area contributed by atoms with Crippen LogP contribution in [0.1, 0.15) is 16.7 Å². The first kappa shape index (κ1) is 21.1. The van der Waals surface area contributed by atoms with Gasteiger partial charge in [0.1, 0.15) is 5.82 Å². The second-order valence-electron chi connectivity index (χ2n) is 6.85. The Hall–Kier alpha value is -2.64. The number of halogens is 2. The van der Waals surface area contributed by atoms with E-state index in [1.165, 1.54) is 6.07 Å². The van der Waals surface area contributed by atoms with Crippen molar-refractivity contribution in [2.24, 2.45) is 4.99 Å². The van der Waals surface area contributed by atoms with Gasteiger partial charge in [-0.05, 0) is 35.4 Å². The lowest BCUT2D eigenvalue weighted by molar-refractivity contribution is -0.135. The van der Waals surface area contributed by atoms with Crippen molar-refractivity contribution in [2.45, 2.75) is 19.7 Å². The summed E-state index contributed by atoms with van der Waals surface area (Å²) in [5, 5.41) is 13.1. The minimum atomic E-state index is -0.428. The molecular formula is C21H24ClFN4O2. The number of aliphatic hydroxyl groups is 1. The van der Waals surface area contributed by atoms with Crippen LogP contribution in [0.15, 0.2) is 47.5 Å². The summed E-state index contributed by atoms with van der Waals surface area (Å²) in [4.78, 5) is 20.6. The fraction of sp³-hybridized carbons (Fsp3) is 0.333. The maximum Gasteiger partial charge on any atom is 0.242 e. The van der Waals surface area contributed by atoms with Gasteiger partial charge in [0.15, 0.2) is 5.96 Å². The summed E-state index contributed by atoms with van der Waals surface area (Å²) in [5.74, 6) is 0.209. The normalized spacial score (nSPS) is 15.0. The van der Waals surface area contributed by atoms with Gasteiger partial charge < -0.3 is 20.2 Å². The van der Waals surface area contributed by atoms with Gasteiger partial charge >= 0.3 is 0 Å². The number of piperazine rings is 1. The van der Waals surface area contributed by atoms with Gasteiger partial charge in [0.2, 0.25) is 5.91 Å². The third-order valence-corrected chi connectivity index (χ3v) is 5.10. The summed E-state index contributed by atoms with van der Waals surface area (Å²) in [6.45, 7) is 2.10. The molecule has 0 atom stereocenters. The van der Waals surface area contributed by atoms with Crippen molar-refractivity contribution < 1.29 is 14.3 Å². The Morgan fingerprint density at radius 3 is 2.59 bits per heavy atom. The molecule has 0 aromatic heterocycles. The summed E-state index contributed by atoms with van der Waals surface area (Å²) in [6, 6.07) is 12.1. The largest absolute Gasteiger partial charge is 0.392 e. The van der Waals surface area contributed by atoms with E-state index in [0.717, 1.165) is 11.1 Å². The lowest BCUT2D eigenvalue weighted by Gasteiger charge is -2.36. The van der Waals surface area contributed by atoms with E-state index < -0.39 is 5.82 Å². The first-order valence-electron chi connectivity index (χ1n) is 9.36. The number of carbonyl (C=O) groups is 1. The Morgan fingerprint density at radius 1 is 1.21 bits per heavy atom. The number of guanidine groups is 1. The topological polar surface area (TPSA) is 68.2 Å². The monoisotopic (exact) mass is 418 g/mol. The quantitative estimate of drug-likeness (QED) is 0.578. The zero-order chi connectivity index (χ0) is 20.8. The molecule has 1 saturated heterocycles. The highest BCUT2D eigenvalue weighted by molar-refractivity contribution is 6.30. The predicted molar refractivity (Wildman–Crippen MR) is 111 cm³/mol. The molecule has 0 unspecified atom stereocenters. The molecule has 6 nitrogen and oxygen atoms in total. The standard InChI is InChI=1S/C21H24ClFN4O2/c1-24-21(25-11-16-4-7-19(23)17(10-16)14-28)27-9-8-26(20(29)13-27)12-15-2-5-18(22)6-3-15/h2-7,10,28H,8-9,11-14H2,1H3,(H,24,25). The van der Waals surface area contributed by atoms with Crippen LogP contribution in [0, 0.1) is 5.82 Å². The maximum atomic E-state index is 13.5. The molecular weight excluding hydrogens is 395 g/mol. The molecule has 1 amide bonds. The van der Waals surface area contributed by atoms with Crippen LogP contribution in [0.4, 0.5) is 4.39 Å². The molecule has 0 aliphatic carbocycles. The molecule has 1 aliphatic rings. The van der Waals surface area contributed by atoms with Crippen LogP contribution >= 0.6 is 11.6 Å². The van der Waals surface area contributed by atoms with Crippen molar-refractivity contribution in [3.63, 3.8) is 0 Å². The van der Waals surface area contributed by atoms with Gasteiger partial charge in [0, 0.05) is 43.8 Å². The fourth-order valence-corrected chi connectivity index (χ4v) is 3.37. The van der Waals surface area contributed by atoms with Gasteiger partial charge in [-0.25, -0.2) is 4.39 Å². The number of aliphatic hydroxyl groups excluding tert-OH is 1. The van der Waals surface area contributed by atoms with E-state index >= 15 is 0 Å². The van der Waals surface area contributed by atoms with E-state index in [-0.39, 0.29) is 24.6 Å². The minimum Gasteiger partial charge on any atom is -0.392 e. The number of rotatable bonds is 5. The third kappa shape index (κ3) is 5.46. The van der Waals surface area contributed by atoms with E-state index in [1.54, 1.807) is 19.2 Å². The summed E-state index contributed by atoms with van der Waals surface area (Å²) >= 11 is 5.91. The number of aliphatic imine (C=N–C) groups is 1. The Balaban J connectivity index is 1.56. The highest BCUT2D eigenvalue weighted by atomic mass is 35.5. The average Bonchev–Trinajstić information content (AvgIpc) is 2.73. The molecule has 0 saturated carbocycles. The lowest BCUT2D eigenvalue weighted by atomic mass is 10.1. The van der Waals surface area contributed by atoms with Crippen molar-refractivity contribution in [1.82, 2.24) is 15.1 Å². The van der Waals surface area contributed by atoms with Gasteiger partial charge in [0.05, 0.1) is 13.2 Å². The van der Waals surface area contributed by atoms with E-state index in [2.05, 4.69) is 10.3 Å². The van der Waals surface area contributed by atoms with E-state index in [9.17, 15) is 14.3 Å². The Labute approximate surface area is 174 Å². The molecule has 2 aromatic carbocycles. The Morgan fingerprint density at radius 2 is 1.93 bits per heavy atom. The van der Waals surface area contributed by atoms with Crippen molar-refractivity contribution in [3.05, 3.63) is 70.0 Å².